The molecule has 1 heterocycles. The first-order chi connectivity index (χ1) is 7.36. The van der Waals surface area contributed by atoms with Gasteiger partial charge in [0, 0.05) is 7.05 Å². The predicted octanol–water partition coefficient (Wildman–Crippen LogP) is 0.826. The Labute approximate surface area is 89.2 Å². The number of amides is 1. The molecule has 2 rings (SSSR count). The van der Waals surface area contributed by atoms with Crippen LogP contribution < -0.4 is 10.1 Å². The van der Waals surface area contributed by atoms with Gasteiger partial charge in [0.2, 0.25) is 6.41 Å². The molecule has 1 aliphatic rings. The molecule has 0 aliphatic carbocycles. The second-order valence-corrected chi connectivity index (χ2v) is 2.99. The summed E-state index contributed by atoms with van der Waals surface area (Å²) < 4.78 is 10.4. The van der Waals surface area contributed by atoms with Crippen LogP contribution in [0.25, 0.3) is 0 Å². The summed E-state index contributed by atoms with van der Waals surface area (Å²) >= 11 is 0. The van der Waals surface area contributed by atoms with Gasteiger partial charge in [-0.3, -0.25) is 4.79 Å². The summed E-state index contributed by atoms with van der Waals surface area (Å²) in [6.07, 6.45) is 0.968. The van der Waals surface area contributed by atoms with Crippen LogP contribution in [0.15, 0.2) is 30.3 Å². The van der Waals surface area contributed by atoms with Gasteiger partial charge in [-0.25, -0.2) is 0 Å². The highest BCUT2D eigenvalue weighted by atomic mass is 16.6. The van der Waals surface area contributed by atoms with Crippen molar-refractivity contribution in [2.45, 2.75) is 6.10 Å². The molecule has 1 fully saturated rings. The van der Waals surface area contributed by atoms with Gasteiger partial charge in [0.25, 0.3) is 0 Å². The van der Waals surface area contributed by atoms with Crippen molar-refractivity contribution < 1.29 is 14.3 Å². The van der Waals surface area contributed by atoms with Gasteiger partial charge in [-0.2, -0.15) is 0 Å². The number of benzene rings is 1. The summed E-state index contributed by atoms with van der Waals surface area (Å²) in [5.74, 6) is 0.919. The van der Waals surface area contributed by atoms with Crippen molar-refractivity contribution >= 4 is 6.41 Å². The van der Waals surface area contributed by atoms with Crippen LogP contribution in [0, 0.1) is 0 Å². The van der Waals surface area contributed by atoms with Crippen LogP contribution in [0.4, 0.5) is 0 Å². The number of hydrogen-bond acceptors (Lipinski definition) is 3. The number of epoxide rings is 1. The van der Waals surface area contributed by atoms with Crippen LogP contribution in [-0.2, 0) is 9.53 Å². The molecule has 82 valence electrons. The highest BCUT2D eigenvalue weighted by Gasteiger charge is 2.22. The molecule has 0 saturated carbocycles. The lowest BCUT2D eigenvalue weighted by atomic mass is 10.3. The maximum absolute atomic E-state index is 9.06. The van der Waals surface area contributed by atoms with Crippen molar-refractivity contribution in [2.75, 3.05) is 20.3 Å². The Bertz CT molecular complexity index is 272. The minimum Gasteiger partial charge on any atom is -0.491 e. The van der Waals surface area contributed by atoms with Crippen molar-refractivity contribution in [3.63, 3.8) is 0 Å². The van der Waals surface area contributed by atoms with E-state index in [0.29, 0.717) is 19.1 Å². The molecule has 0 spiro atoms. The summed E-state index contributed by atoms with van der Waals surface area (Å²) in [6, 6.07) is 9.79. The maximum atomic E-state index is 9.06. The Morgan fingerprint density at radius 1 is 1.53 bits per heavy atom. The number of rotatable bonds is 4. The van der Waals surface area contributed by atoms with Crippen LogP contribution in [-0.4, -0.2) is 32.8 Å². The highest BCUT2D eigenvalue weighted by molar-refractivity contribution is 5.44. The van der Waals surface area contributed by atoms with E-state index in [0.717, 1.165) is 12.4 Å². The van der Waals surface area contributed by atoms with Crippen LogP contribution in [0.5, 0.6) is 5.75 Å². The number of carbonyl (C=O) groups is 1. The number of hydrogen-bond donors (Lipinski definition) is 1. The third-order valence-corrected chi connectivity index (χ3v) is 1.70. The van der Waals surface area contributed by atoms with E-state index in [1.807, 2.05) is 30.3 Å². The van der Waals surface area contributed by atoms with Crippen LogP contribution >= 0.6 is 0 Å². The fourth-order valence-electron chi connectivity index (χ4n) is 0.870. The minimum absolute atomic E-state index is 0.343. The van der Waals surface area contributed by atoms with Gasteiger partial charge in [0.15, 0.2) is 0 Å². The summed E-state index contributed by atoms with van der Waals surface area (Å²) in [5.41, 5.74) is 0. The molecule has 0 aromatic heterocycles. The molecule has 0 radical (unpaired) electrons. The van der Waals surface area contributed by atoms with Gasteiger partial charge in [-0.1, -0.05) is 18.2 Å². The molecular formula is C11H15NO3. The summed E-state index contributed by atoms with van der Waals surface area (Å²) in [4.78, 5) is 9.06. The standard InChI is InChI=1S/C9H10O2.C2H5NO/c1-2-4-8(5-3-1)10-6-9-7-11-9;1-3-2-4/h1-5,9H,6-7H2;2H,1H3,(H,3,4). The second kappa shape index (κ2) is 6.84. The molecule has 15 heavy (non-hydrogen) atoms. The maximum Gasteiger partial charge on any atom is 0.206 e. The van der Waals surface area contributed by atoms with E-state index in [2.05, 4.69) is 5.32 Å². The van der Waals surface area contributed by atoms with Crippen molar-refractivity contribution in [1.82, 2.24) is 5.32 Å². The Morgan fingerprint density at radius 3 is 2.60 bits per heavy atom. The third-order valence-electron chi connectivity index (χ3n) is 1.70. The zero-order valence-electron chi connectivity index (χ0n) is 8.68. The van der Waals surface area contributed by atoms with Gasteiger partial charge in [0.05, 0.1) is 6.61 Å². The van der Waals surface area contributed by atoms with Gasteiger partial charge in [0.1, 0.15) is 18.5 Å². The van der Waals surface area contributed by atoms with E-state index in [9.17, 15) is 0 Å². The molecule has 1 aromatic carbocycles. The van der Waals surface area contributed by atoms with E-state index >= 15 is 0 Å². The normalized spacial score (nSPS) is 17.0. The lowest BCUT2D eigenvalue weighted by Gasteiger charge is -2.01. The minimum atomic E-state index is 0.343. The van der Waals surface area contributed by atoms with Gasteiger partial charge >= 0.3 is 0 Å². The van der Waals surface area contributed by atoms with Crippen LogP contribution in [0.2, 0.25) is 0 Å². The van der Waals surface area contributed by atoms with Crippen molar-refractivity contribution in [1.29, 1.82) is 0 Å². The summed E-state index contributed by atoms with van der Waals surface area (Å²) in [5, 5.41) is 2.25. The lowest BCUT2D eigenvalue weighted by molar-refractivity contribution is -0.109. The predicted molar refractivity (Wildman–Crippen MR) is 56.8 cm³/mol. The zero-order chi connectivity index (χ0) is 10.9. The first-order valence-electron chi connectivity index (χ1n) is 4.77. The third kappa shape index (κ3) is 5.70. The first kappa shape index (κ1) is 11.5. The lowest BCUT2D eigenvalue weighted by Crippen LogP contribution is -2.03. The molecule has 1 aliphatic heterocycles. The largest absolute Gasteiger partial charge is 0.491 e. The van der Waals surface area contributed by atoms with E-state index in [1.165, 1.54) is 0 Å². The number of nitrogens with one attached hydrogen (secondary N) is 1. The smallest absolute Gasteiger partial charge is 0.206 e. The van der Waals surface area contributed by atoms with E-state index in [1.54, 1.807) is 7.05 Å². The second-order valence-electron chi connectivity index (χ2n) is 2.99. The Kier molecular flexibility index (Phi) is 5.25. The average Bonchev–Trinajstić information content (AvgIpc) is 3.12. The van der Waals surface area contributed by atoms with Crippen molar-refractivity contribution in [3.8, 4) is 5.75 Å². The average molecular weight is 209 g/mol. The molecule has 1 aromatic rings. The van der Waals surface area contributed by atoms with Crippen LogP contribution in [0.1, 0.15) is 0 Å². The zero-order valence-corrected chi connectivity index (χ0v) is 8.68. The van der Waals surface area contributed by atoms with Gasteiger partial charge < -0.3 is 14.8 Å². The fraction of sp³-hybridized carbons (Fsp3) is 0.364. The van der Waals surface area contributed by atoms with Crippen molar-refractivity contribution in [3.05, 3.63) is 30.3 Å². The Balaban J connectivity index is 0.000000245. The molecule has 1 atom stereocenters. The van der Waals surface area contributed by atoms with Crippen LogP contribution in [0.3, 0.4) is 0 Å². The summed E-state index contributed by atoms with van der Waals surface area (Å²) in [7, 11) is 1.56. The van der Waals surface area contributed by atoms with Gasteiger partial charge in [-0.05, 0) is 12.1 Å². The highest BCUT2D eigenvalue weighted by Crippen LogP contribution is 2.13. The van der Waals surface area contributed by atoms with E-state index in [4.69, 9.17) is 14.3 Å². The topological polar surface area (TPSA) is 50.9 Å². The Hall–Kier alpha value is -1.55. The number of carbonyl (C=O) groups excluding carboxylic acids is 1. The molecular weight excluding hydrogens is 194 g/mol. The monoisotopic (exact) mass is 209 g/mol. The Morgan fingerprint density at radius 2 is 2.13 bits per heavy atom. The molecule has 1 saturated heterocycles. The van der Waals surface area contributed by atoms with Crippen molar-refractivity contribution in [2.24, 2.45) is 0 Å². The fourth-order valence-corrected chi connectivity index (χ4v) is 0.870. The molecule has 4 nitrogen and oxygen atoms in total. The number of ether oxygens (including phenoxy) is 2. The van der Waals surface area contributed by atoms with E-state index < -0.39 is 0 Å². The molecule has 1 N–H and O–H groups in total. The quantitative estimate of drug-likeness (QED) is 0.590. The molecule has 0 bridgehead atoms. The number of para-hydroxylation sites is 1. The SMILES string of the molecule is CNC=O.c1ccc(OCC2CO2)cc1. The van der Waals surface area contributed by atoms with E-state index in [-0.39, 0.29) is 0 Å². The molecule has 4 heteroatoms. The molecule has 1 amide bonds. The summed E-state index contributed by atoms with van der Waals surface area (Å²) in [6.45, 7) is 1.54. The first-order valence-corrected chi connectivity index (χ1v) is 4.77. The molecule has 1 unspecified atom stereocenters. The van der Waals surface area contributed by atoms with Gasteiger partial charge in [-0.15, -0.1) is 0 Å².